The second kappa shape index (κ2) is 3.76. The molecule has 1 nitrogen and oxygen atoms in total. The zero-order valence-electron chi connectivity index (χ0n) is 8.05. The van der Waals surface area contributed by atoms with E-state index in [1.165, 1.54) is 6.07 Å². The zero-order chi connectivity index (χ0) is 9.97. The molecule has 0 unspecified atom stereocenters. The van der Waals surface area contributed by atoms with Crippen molar-refractivity contribution in [2.24, 2.45) is 0 Å². The summed E-state index contributed by atoms with van der Waals surface area (Å²) in [6, 6.07) is 10.9. The van der Waals surface area contributed by atoms with Gasteiger partial charge < -0.3 is 5.32 Å². The third-order valence-electron chi connectivity index (χ3n) is 2.33. The Bertz CT molecular complexity index is 451. The van der Waals surface area contributed by atoms with Gasteiger partial charge in [-0.2, -0.15) is 0 Å². The highest BCUT2D eigenvalue weighted by Gasteiger charge is 2.02. The molecule has 0 aliphatic carbocycles. The van der Waals surface area contributed by atoms with Crippen LogP contribution in [-0.2, 0) is 6.54 Å². The van der Waals surface area contributed by atoms with E-state index >= 15 is 0 Å². The lowest BCUT2D eigenvalue weighted by molar-refractivity contribution is 0.639. The van der Waals surface area contributed by atoms with Crippen molar-refractivity contribution in [3.05, 3.63) is 47.8 Å². The van der Waals surface area contributed by atoms with Crippen molar-refractivity contribution in [1.82, 2.24) is 5.32 Å². The van der Waals surface area contributed by atoms with Gasteiger partial charge in [0.25, 0.3) is 0 Å². The maximum Gasteiger partial charge on any atom is 0.131 e. The van der Waals surface area contributed by atoms with E-state index in [0.717, 1.165) is 17.5 Å². The molecule has 2 heteroatoms. The van der Waals surface area contributed by atoms with E-state index in [4.69, 9.17) is 0 Å². The summed E-state index contributed by atoms with van der Waals surface area (Å²) in [4.78, 5) is 0. The van der Waals surface area contributed by atoms with Crippen LogP contribution < -0.4 is 5.32 Å². The van der Waals surface area contributed by atoms with E-state index < -0.39 is 0 Å². The van der Waals surface area contributed by atoms with Gasteiger partial charge in [0.2, 0.25) is 0 Å². The molecule has 0 aliphatic rings. The lowest BCUT2D eigenvalue weighted by Gasteiger charge is -2.05. The minimum atomic E-state index is -0.152. The SMILES string of the molecule is CNCc1cccc2c(F)cccc12. The number of rotatable bonds is 2. The van der Waals surface area contributed by atoms with Crippen LogP contribution >= 0.6 is 0 Å². The highest BCUT2D eigenvalue weighted by Crippen LogP contribution is 2.21. The molecular formula is C12H12FN. The molecule has 1 N–H and O–H groups in total. The van der Waals surface area contributed by atoms with E-state index in [0.29, 0.717) is 5.39 Å². The first kappa shape index (κ1) is 9.16. The Kier molecular flexibility index (Phi) is 2.46. The predicted molar refractivity (Wildman–Crippen MR) is 56.7 cm³/mol. The van der Waals surface area contributed by atoms with Gasteiger partial charge in [-0.25, -0.2) is 4.39 Å². The molecule has 2 rings (SSSR count). The summed E-state index contributed by atoms with van der Waals surface area (Å²) >= 11 is 0. The third kappa shape index (κ3) is 1.49. The number of hydrogen-bond acceptors (Lipinski definition) is 1. The first-order chi connectivity index (χ1) is 6.83. The van der Waals surface area contributed by atoms with Crippen LogP contribution in [-0.4, -0.2) is 7.05 Å². The number of fused-ring (bicyclic) bond motifs is 1. The van der Waals surface area contributed by atoms with Crippen LogP contribution in [0, 0.1) is 5.82 Å². The predicted octanol–water partition coefficient (Wildman–Crippen LogP) is 2.70. The maximum atomic E-state index is 13.4. The molecule has 0 fully saturated rings. The van der Waals surface area contributed by atoms with Gasteiger partial charge in [0, 0.05) is 11.9 Å². The van der Waals surface area contributed by atoms with Crippen molar-refractivity contribution in [3.8, 4) is 0 Å². The monoisotopic (exact) mass is 189 g/mol. The number of halogens is 1. The molecule has 0 amide bonds. The van der Waals surface area contributed by atoms with Crippen molar-refractivity contribution >= 4 is 10.8 Å². The lowest BCUT2D eigenvalue weighted by atomic mass is 10.0. The van der Waals surface area contributed by atoms with Crippen molar-refractivity contribution in [1.29, 1.82) is 0 Å². The van der Waals surface area contributed by atoms with Gasteiger partial charge in [-0.15, -0.1) is 0 Å². The first-order valence-corrected chi connectivity index (χ1v) is 4.63. The largest absolute Gasteiger partial charge is 0.316 e. The van der Waals surface area contributed by atoms with Crippen molar-refractivity contribution in [3.63, 3.8) is 0 Å². The van der Waals surface area contributed by atoms with Crippen LogP contribution in [0.25, 0.3) is 10.8 Å². The van der Waals surface area contributed by atoms with Crippen molar-refractivity contribution in [2.45, 2.75) is 6.54 Å². The molecule has 72 valence electrons. The summed E-state index contributed by atoms with van der Waals surface area (Å²) in [5, 5.41) is 4.76. The smallest absolute Gasteiger partial charge is 0.131 e. The van der Waals surface area contributed by atoms with E-state index in [1.807, 2.05) is 31.3 Å². The van der Waals surface area contributed by atoms with Crippen LogP contribution in [0.15, 0.2) is 36.4 Å². The summed E-state index contributed by atoms with van der Waals surface area (Å²) in [5.74, 6) is -0.152. The first-order valence-electron chi connectivity index (χ1n) is 4.63. The van der Waals surface area contributed by atoms with Crippen molar-refractivity contribution < 1.29 is 4.39 Å². The number of hydrogen-bond donors (Lipinski definition) is 1. The fourth-order valence-electron chi connectivity index (χ4n) is 1.68. The van der Waals surface area contributed by atoms with Crippen molar-refractivity contribution in [2.75, 3.05) is 7.05 Å². The summed E-state index contributed by atoms with van der Waals surface area (Å²) in [7, 11) is 1.89. The molecular weight excluding hydrogens is 177 g/mol. The maximum absolute atomic E-state index is 13.4. The minimum Gasteiger partial charge on any atom is -0.316 e. The molecule has 0 saturated heterocycles. The second-order valence-electron chi connectivity index (χ2n) is 3.28. The van der Waals surface area contributed by atoms with Gasteiger partial charge in [0.15, 0.2) is 0 Å². The van der Waals surface area contributed by atoms with Gasteiger partial charge in [-0.05, 0) is 24.1 Å². The molecule has 2 aromatic rings. The lowest BCUT2D eigenvalue weighted by Crippen LogP contribution is -2.05. The Morgan fingerprint density at radius 2 is 1.79 bits per heavy atom. The fourth-order valence-corrected chi connectivity index (χ4v) is 1.68. The number of benzene rings is 2. The molecule has 0 saturated carbocycles. The molecule has 14 heavy (non-hydrogen) atoms. The molecule has 0 aromatic heterocycles. The topological polar surface area (TPSA) is 12.0 Å². The Hall–Kier alpha value is -1.41. The van der Waals surface area contributed by atoms with Crippen LogP contribution in [0.1, 0.15) is 5.56 Å². The van der Waals surface area contributed by atoms with Gasteiger partial charge in [0.05, 0.1) is 0 Å². The second-order valence-corrected chi connectivity index (χ2v) is 3.28. The summed E-state index contributed by atoms with van der Waals surface area (Å²) in [6.07, 6.45) is 0. The van der Waals surface area contributed by atoms with Gasteiger partial charge in [-0.3, -0.25) is 0 Å². The van der Waals surface area contributed by atoms with Crippen LogP contribution in [0.4, 0.5) is 4.39 Å². The summed E-state index contributed by atoms with van der Waals surface area (Å²) in [5.41, 5.74) is 1.13. The third-order valence-corrected chi connectivity index (χ3v) is 2.33. The van der Waals surface area contributed by atoms with E-state index in [2.05, 4.69) is 5.32 Å². The minimum absolute atomic E-state index is 0.152. The molecule has 0 atom stereocenters. The molecule has 0 bridgehead atoms. The number of nitrogens with one attached hydrogen (secondary N) is 1. The molecule has 0 spiro atoms. The summed E-state index contributed by atoms with van der Waals surface area (Å²) in [6.45, 7) is 0.765. The van der Waals surface area contributed by atoms with Crippen LogP contribution in [0.3, 0.4) is 0 Å². The Labute approximate surface area is 82.6 Å². The molecule has 0 aliphatic heterocycles. The van der Waals surface area contributed by atoms with Gasteiger partial charge in [-0.1, -0.05) is 30.3 Å². The molecule has 2 aromatic carbocycles. The highest BCUT2D eigenvalue weighted by atomic mass is 19.1. The van der Waals surface area contributed by atoms with E-state index in [9.17, 15) is 4.39 Å². The fraction of sp³-hybridized carbons (Fsp3) is 0.167. The van der Waals surface area contributed by atoms with Gasteiger partial charge >= 0.3 is 0 Å². The Morgan fingerprint density at radius 3 is 2.57 bits per heavy atom. The average Bonchev–Trinajstić information content (AvgIpc) is 2.20. The van der Waals surface area contributed by atoms with Crippen LogP contribution in [0.5, 0.6) is 0 Å². The van der Waals surface area contributed by atoms with Crippen LogP contribution in [0.2, 0.25) is 0 Å². The Morgan fingerprint density at radius 1 is 1.07 bits per heavy atom. The normalized spacial score (nSPS) is 10.7. The van der Waals surface area contributed by atoms with E-state index in [-0.39, 0.29) is 5.82 Å². The quantitative estimate of drug-likeness (QED) is 0.765. The summed E-state index contributed by atoms with van der Waals surface area (Å²) < 4.78 is 13.4. The zero-order valence-corrected chi connectivity index (χ0v) is 8.05. The molecule has 0 radical (unpaired) electrons. The highest BCUT2D eigenvalue weighted by molar-refractivity contribution is 5.86. The molecule has 0 heterocycles. The average molecular weight is 189 g/mol. The standard InChI is InChI=1S/C12H12FN/c1-14-8-9-4-2-6-11-10(9)5-3-7-12(11)13/h2-7,14H,8H2,1H3. The van der Waals surface area contributed by atoms with E-state index in [1.54, 1.807) is 6.07 Å². The Balaban J connectivity index is 2.68. The van der Waals surface area contributed by atoms with Gasteiger partial charge in [0.1, 0.15) is 5.82 Å².